The molecule has 3 nitrogen and oxygen atoms in total. The van der Waals surface area contributed by atoms with Crippen LogP contribution in [0.3, 0.4) is 0 Å². The van der Waals surface area contributed by atoms with E-state index in [4.69, 9.17) is 0 Å². The van der Waals surface area contributed by atoms with Gasteiger partial charge in [-0.2, -0.15) is 4.89 Å². The maximum Gasteiger partial charge on any atom is 0.365 e. The Morgan fingerprint density at radius 1 is 1.80 bits per heavy atom. The van der Waals surface area contributed by atoms with Crippen LogP contribution in [-0.4, -0.2) is 12.1 Å². The van der Waals surface area contributed by atoms with Crippen molar-refractivity contribution in [1.82, 2.24) is 0 Å². The first kappa shape index (κ1) is 9.17. The second kappa shape index (κ2) is 4.99. The third kappa shape index (κ3) is 4.09. The highest BCUT2D eigenvalue weighted by molar-refractivity contribution is 5.80. The van der Waals surface area contributed by atoms with Gasteiger partial charge in [-0.3, -0.25) is 4.89 Å². The molecule has 0 aromatic rings. The molecule has 0 fully saturated rings. The molecule has 3 heteroatoms. The van der Waals surface area contributed by atoms with Gasteiger partial charge in [0.05, 0.1) is 0 Å². The lowest BCUT2D eigenvalue weighted by Crippen LogP contribution is -2.10. The normalized spacial score (nSPS) is 12.2. The lowest BCUT2D eigenvalue weighted by molar-refractivity contribution is -0.290. The van der Waals surface area contributed by atoms with Crippen molar-refractivity contribution in [2.75, 3.05) is 0 Å². The van der Waals surface area contributed by atoms with E-state index < -0.39 is 5.97 Å². The van der Waals surface area contributed by atoms with Gasteiger partial charge in [0, 0.05) is 6.08 Å². The fraction of sp³-hybridized carbons (Fsp3) is 0.571. The van der Waals surface area contributed by atoms with Gasteiger partial charge in [-0.05, 0) is 13.3 Å². The summed E-state index contributed by atoms with van der Waals surface area (Å²) in [5.41, 5.74) is 0. The van der Waals surface area contributed by atoms with Crippen LogP contribution in [-0.2, 0) is 14.6 Å². The van der Waals surface area contributed by atoms with E-state index in [1.807, 2.05) is 13.8 Å². The van der Waals surface area contributed by atoms with Gasteiger partial charge in [0.15, 0.2) is 0 Å². The van der Waals surface area contributed by atoms with Crippen molar-refractivity contribution in [1.29, 1.82) is 0 Å². The number of rotatable bonds is 4. The minimum Gasteiger partial charge on any atom is -0.293 e. The molecule has 0 bridgehead atoms. The SMILES string of the molecule is C=CC(=O)OOC(C)CC. The largest absolute Gasteiger partial charge is 0.365 e. The Morgan fingerprint density at radius 3 is 2.80 bits per heavy atom. The predicted molar refractivity (Wildman–Crippen MR) is 37.1 cm³/mol. The average Bonchev–Trinajstić information content (AvgIpc) is 1.99. The van der Waals surface area contributed by atoms with E-state index in [-0.39, 0.29) is 6.10 Å². The zero-order valence-electron chi connectivity index (χ0n) is 6.29. The van der Waals surface area contributed by atoms with Crippen LogP contribution in [0.1, 0.15) is 20.3 Å². The maximum atomic E-state index is 10.4. The van der Waals surface area contributed by atoms with Crippen LogP contribution in [0.15, 0.2) is 12.7 Å². The molecule has 0 saturated heterocycles. The minimum atomic E-state index is -0.555. The van der Waals surface area contributed by atoms with Crippen molar-refractivity contribution in [3.05, 3.63) is 12.7 Å². The Labute approximate surface area is 60.6 Å². The molecule has 1 atom stereocenters. The summed E-state index contributed by atoms with van der Waals surface area (Å²) < 4.78 is 0. The summed E-state index contributed by atoms with van der Waals surface area (Å²) in [6, 6.07) is 0. The second-order valence-electron chi connectivity index (χ2n) is 1.92. The Hall–Kier alpha value is -0.830. The van der Waals surface area contributed by atoms with Crippen molar-refractivity contribution in [3.63, 3.8) is 0 Å². The van der Waals surface area contributed by atoms with E-state index in [0.717, 1.165) is 12.5 Å². The molecule has 0 heterocycles. The van der Waals surface area contributed by atoms with Gasteiger partial charge in [-0.25, -0.2) is 4.79 Å². The average molecular weight is 144 g/mol. The molecular formula is C7H12O3. The van der Waals surface area contributed by atoms with Gasteiger partial charge >= 0.3 is 5.97 Å². The second-order valence-corrected chi connectivity index (χ2v) is 1.92. The van der Waals surface area contributed by atoms with Crippen LogP contribution in [0.4, 0.5) is 0 Å². The molecule has 0 aromatic carbocycles. The molecule has 0 rings (SSSR count). The van der Waals surface area contributed by atoms with Crippen LogP contribution < -0.4 is 0 Å². The highest BCUT2D eigenvalue weighted by Gasteiger charge is 2.01. The van der Waals surface area contributed by atoms with Crippen LogP contribution in [0.5, 0.6) is 0 Å². The van der Waals surface area contributed by atoms with Gasteiger partial charge in [0.1, 0.15) is 6.10 Å². The first-order chi connectivity index (χ1) is 4.70. The van der Waals surface area contributed by atoms with Crippen molar-refractivity contribution in [3.8, 4) is 0 Å². The first-order valence-corrected chi connectivity index (χ1v) is 3.20. The van der Waals surface area contributed by atoms with E-state index in [1.54, 1.807) is 0 Å². The van der Waals surface area contributed by atoms with E-state index >= 15 is 0 Å². The Bertz CT molecular complexity index is 120. The summed E-state index contributed by atoms with van der Waals surface area (Å²) >= 11 is 0. The summed E-state index contributed by atoms with van der Waals surface area (Å²) in [7, 11) is 0. The minimum absolute atomic E-state index is 0.0519. The summed E-state index contributed by atoms with van der Waals surface area (Å²) in [4.78, 5) is 19.3. The zero-order chi connectivity index (χ0) is 7.98. The number of hydrogen-bond acceptors (Lipinski definition) is 3. The van der Waals surface area contributed by atoms with Gasteiger partial charge in [-0.1, -0.05) is 13.5 Å². The molecule has 0 radical (unpaired) electrons. The Balaban J connectivity index is 3.34. The van der Waals surface area contributed by atoms with Crippen LogP contribution >= 0.6 is 0 Å². The van der Waals surface area contributed by atoms with Crippen LogP contribution in [0.2, 0.25) is 0 Å². The van der Waals surface area contributed by atoms with Crippen molar-refractivity contribution in [2.45, 2.75) is 26.4 Å². The molecule has 0 aliphatic heterocycles. The number of carbonyl (C=O) groups excluding carboxylic acids is 1. The molecule has 0 N–H and O–H groups in total. The molecule has 58 valence electrons. The quantitative estimate of drug-likeness (QED) is 0.340. The van der Waals surface area contributed by atoms with Crippen LogP contribution in [0.25, 0.3) is 0 Å². The van der Waals surface area contributed by atoms with Crippen molar-refractivity contribution in [2.24, 2.45) is 0 Å². The molecule has 0 aliphatic rings. The molecule has 1 unspecified atom stereocenters. The van der Waals surface area contributed by atoms with E-state index in [2.05, 4.69) is 16.4 Å². The summed E-state index contributed by atoms with van der Waals surface area (Å²) in [6.07, 6.45) is 1.82. The summed E-state index contributed by atoms with van der Waals surface area (Å²) in [5, 5.41) is 0. The zero-order valence-corrected chi connectivity index (χ0v) is 6.29. The third-order valence-electron chi connectivity index (χ3n) is 1.04. The third-order valence-corrected chi connectivity index (χ3v) is 1.04. The highest BCUT2D eigenvalue weighted by atomic mass is 17.2. The molecule has 0 spiro atoms. The molecule has 0 amide bonds. The Kier molecular flexibility index (Phi) is 4.58. The lowest BCUT2D eigenvalue weighted by Gasteiger charge is -2.05. The fourth-order valence-corrected chi connectivity index (χ4v) is 0.232. The monoisotopic (exact) mass is 144 g/mol. The number of hydrogen-bond donors (Lipinski definition) is 0. The smallest absolute Gasteiger partial charge is 0.293 e. The Morgan fingerprint density at radius 2 is 2.40 bits per heavy atom. The lowest BCUT2D eigenvalue weighted by atomic mass is 10.3. The standard InChI is InChI=1S/C7H12O3/c1-4-6(3)9-10-7(8)5-2/h5-6H,2,4H2,1,3H3. The maximum absolute atomic E-state index is 10.4. The molecule has 0 aliphatic carbocycles. The number of carbonyl (C=O) groups is 1. The summed E-state index contributed by atoms with van der Waals surface area (Å²) in [5.74, 6) is -0.555. The van der Waals surface area contributed by atoms with Gasteiger partial charge in [0.25, 0.3) is 0 Å². The molecule has 10 heavy (non-hydrogen) atoms. The predicted octanol–water partition coefficient (Wildman–Crippen LogP) is 1.45. The highest BCUT2D eigenvalue weighted by Crippen LogP contribution is 1.96. The first-order valence-electron chi connectivity index (χ1n) is 3.20. The van der Waals surface area contributed by atoms with Crippen molar-refractivity contribution < 1.29 is 14.6 Å². The fourth-order valence-electron chi connectivity index (χ4n) is 0.232. The topological polar surface area (TPSA) is 35.5 Å². The van der Waals surface area contributed by atoms with E-state index in [0.29, 0.717) is 0 Å². The van der Waals surface area contributed by atoms with Gasteiger partial charge in [0.2, 0.25) is 0 Å². The van der Waals surface area contributed by atoms with Gasteiger partial charge < -0.3 is 0 Å². The van der Waals surface area contributed by atoms with E-state index in [1.165, 1.54) is 0 Å². The molecular weight excluding hydrogens is 132 g/mol. The van der Waals surface area contributed by atoms with Crippen LogP contribution in [0, 0.1) is 0 Å². The van der Waals surface area contributed by atoms with E-state index in [9.17, 15) is 4.79 Å². The molecule has 0 saturated carbocycles. The summed E-state index contributed by atoms with van der Waals surface area (Å²) in [6.45, 7) is 6.96. The molecule has 0 aromatic heterocycles. The van der Waals surface area contributed by atoms with Gasteiger partial charge in [-0.15, -0.1) is 0 Å². The van der Waals surface area contributed by atoms with Crippen molar-refractivity contribution >= 4 is 5.97 Å².